The molecule has 112 valence electrons. The maximum atomic E-state index is 12.1. The van der Waals surface area contributed by atoms with Crippen LogP contribution in [0, 0.1) is 10.1 Å². The smallest absolute Gasteiger partial charge is 0.348 e. The van der Waals surface area contributed by atoms with Crippen molar-refractivity contribution in [3.63, 3.8) is 0 Å². The van der Waals surface area contributed by atoms with Crippen LogP contribution >= 0.6 is 0 Å². The molecule has 0 amide bonds. The molecule has 2 aromatic rings. The third kappa shape index (κ3) is 2.76. The van der Waals surface area contributed by atoms with Crippen LogP contribution in [0.3, 0.4) is 0 Å². The lowest BCUT2D eigenvalue weighted by atomic mass is 10.1. The lowest BCUT2D eigenvalue weighted by molar-refractivity contribution is -0.385. The van der Waals surface area contributed by atoms with E-state index in [0.29, 0.717) is 17.7 Å². The van der Waals surface area contributed by atoms with Crippen LogP contribution in [0.1, 0.15) is 11.1 Å². The Morgan fingerprint density at radius 2 is 1.95 bits per heavy atom. The normalized spacial score (nSPS) is 15.7. The molecule has 0 bridgehead atoms. The number of nitro benzene ring substituents is 1. The quantitative estimate of drug-likeness (QED) is 0.492. The second-order valence-corrected chi connectivity index (χ2v) is 4.91. The van der Waals surface area contributed by atoms with Gasteiger partial charge in [0.25, 0.3) is 5.69 Å². The minimum atomic E-state index is -0.694. The number of fused-ring (bicyclic) bond motifs is 1. The van der Waals surface area contributed by atoms with Gasteiger partial charge in [0.2, 0.25) is 0 Å². The molecule has 6 heteroatoms. The second-order valence-electron chi connectivity index (χ2n) is 4.91. The summed E-state index contributed by atoms with van der Waals surface area (Å²) >= 11 is 0. The minimum absolute atomic E-state index is 0.0640. The fourth-order valence-electron chi connectivity index (χ4n) is 2.37. The Balaban J connectivity index is 1.64. The van der Waals surface area contributed by atoms with E-state index in [4.69, 9.17) is 9.47 Å². The van der Waals surface area contributed by atoms with Gasteiger partial charge in [-0.3, -0.25) is 10.1 Å². The van der Waals surface area contributed by atoms with Gasteiger partial charge in [0.1, 0.15) is 12.4 Å². The molecule has 6 nitrogen and oxygen atoms in total. The number of benzene rings is 2. The average Bonchev–Trinajstić information content (AvgIpc) is 2.97. The Bertz CT molecular complexity index is 703. The molecule has 0 N–H and O–H groups in total. The zero-order valence-electron chi connectivity index (χ0n) is 11.6. The SMILES string of the molecule is O=C(OCc1ccccc1[N+](=O)[O-])C1Cc2ccccc2O1. The Kier molecular flexibility index (Phi) is 3.74. The summed E-state index contributed by atoms with van der Waals surface area (Å²) < 4.78 is 10.7. The van der Waals surface area contributed by atoms with E-state index >= 15 is 0 Å². The largest absolute Gasteiger partial charge is 0.478 e. The molecule has 0 fully saturated rings. The van der Waals surface area contributed by atoms with Crippen molar-refractivity contribution in [2.45, 2.75) is 19.1 Å². The van der Waals surface area contributed by atoms with Gasteiger partial charge in [-0.1, -0.05) is 30.3 Å². The fourth-order valence-corrected chi connectivity index (χ4v) is 2.37. The van der Waals surface area contributed by atoms with Crippen LogP contribution in [0.4, 0.5) is 5.69 Å². The number of para-hydroxylation sites is 2. The summed E-state index contributed by atoms with van der Waals surface area (Å²) in [5, 5.41) is 10.9. The number of hydrogen-bond donors (Lipinski definition) is 0. The molecule has 0 aliphatic carbocycles. The van der Waals surface area contributed by atoms with Crippen molar-refractivity contribution in [2.75, 3.05) is 0 Å². The Morgan fingerprint density at radius 3 is 2.73 bits per heavy atom. The van der Waals surface area contributed by atoms with E-state index in [-0.39, 0.29) is 12.3 Å². The Morgan fingerprint density at radius 1 is 1.23 bits per heavy atom. The predicted molar refractivity (Wildman–Crippen MR) is 77.5 cm³/mol. The number of rotatable bonds is 4. The lowest BCUT2D eigenvalue weighted by Gasteiger charge is -2.10. The van der Waals surface area contributed by atoms with Gasteiger partial charge in [-0.2, -0.15) is 0 Å². The molecular formula is C16H13NO5. The standard InChI is InChI=1S/C16H13NO5/c18-16(15-9-11-5-2-4-8-14(11)22-15)21-10-12-6-1-3-7-13(12)17(19)20/h1-8,15H,9-10H2. The molecule has 1 unspecified atom stereocenters. The molecule has 1 heterocycles. The monoisotopic (exact) mass is 299 g/mol. The third-order valence-corrected chi connectivity index (χ3v) is 3.47. The topological polar surface area (TPSA) is 78.7 Å². The van der Waals surface area contributed by atoms with E-state index in [2.05, 4.69) is 0 Å². The van der Waals surface area contributed by atoms with Gasteiger partial charge in [-0.15, -0.1) is 0 Å². The number of ether oxygens (including phenoxy) is 2. The number of nitro groups is 1. The summed E-state index contributed by atoms with van der Waals surface area (Å²) in [6.45, 7) is -0.147. The number of esters is 1. The molecule has 1 aliphatic rings. The minimum Gasteiger partial charge on any atom is -0.478 e. The molecule has 2 aromatic carbocycles. The predicted octanol–water partition coefficient (Wildman–Crippen LogP) is 2.64. The first-order valence-electron chi connectivity index (χ1n) is 6.78. The summed E-state index contributed by atoms with van der Waals surface area (Å²) in [7, 11) is 0. The first-order chi connectivity index (χ1) is 10.6. The van der Waals surface area contributed by atoms with Crippen molar-refractivity contribution in [1.82, 2.24) is 0 Å². The van der Waals surface area contributed by atoms with E-state index in [1.165, 1.54) is 6.07 Å². The van der Waals surface area contributed by atoms with Crippen LogP contribution in [0.15, 0.2) is 48.5 Å². The maximum Gasteiger partial charge on any atom is 0.348 e. The molecule has 0 saturated heterocycles. The highest BCUT2D eigenvalue weighted by Crippen LogP contribution is 2.29. The molecule has 0 aromatic heterocycles. The third-order valence-electron chi connectivity index (χ3n) is 3.47. The van der Waals surface area contributed by atoms with Gasteiger partial charge in [-0.25, -0.2) is 4.79 Å². The van der Waals surface area contributed by atoms with Gasteiger partial charge in [0, 0.05) is 12.5 Å². The molecule has 3 rings (SSSR count). The van der Waals surface area contributed by atoms with E-state index in [1.54, 1.807) is 24.3 Å². The van der Waals surface area contributed by atoms with Crippen LogP contribution in [-0.2, 0) is 22.6 Å². The number of carbonyl (C=O) groups excluding carboxylic acids is 1. The molecular weight excluding hydrogens is 286 g/mol. The second kappa shape index (κ2) is 5.85. The van der Waals surface area contributed by atoms with Gasteiger partial charge in [0.15, 0.2) is 6.10 Å². The molecule has 1 atom stereocenters. The van der Waals surface area contributed by atoms with Crippen LogP contribution in [0.5, 0.6) is 5.75 Å². The molecule has 1 aliphatic heterocycles. The average molecular weight is 299 g/mol. The first-order valence-corrected chi connectivity index (χ1v) is 6.78. The van der Waals surface area contributed by atoms with Crippen molar-refractivity contribution in [3.05, 3.63) is 69.8 Å². The lowest BCUT2D eigenvalue weighted by Crippen LogP contribution is -2.27. The zero-order valence-corrected chi connectivity index (χ0v) is 11.6. The van der Waals surface area contributed by atoms with Gasteiger partial charge < -0.3 is 9.47 Å². The van der Waals surface area contributed by atoms with Gasteiger partial charge in [0.05, 0.1) is 10.5 Å². The Hall–Kier alpha value is -2.89. The summed E-state index contributed by atoms with van der Waals surface area (Å²) in [4.78, 5) is 22.5. The van der Waals surface area contributed by atoms with Crippen molar-refractivity contribution >= 4 is 11.7 Å². The zero-order chi connectivity index (χ0) is 15.5. The maximum absolute atomic E-state index is 12.1. The number of carbonyl (C=O) groups is 1. The van der Waals surface area contributed by atoms with Crippen LogP contribution in [-0.4, -0.2) is 17.0 Å². The fraction of sp³-hybridized carbons (Fsp3) is 0.188. The summed E-state index contributed by atoms with van der Waals surface area (Å²) in [6.07, 6.45) is -0.244. The van der Waals surface area contributed by atoms with E-state index in [0.717, 1.165) is 5.56 Å². The summed E-state index contributed by atoms with van der Waals surface area (Å²) in [5.74, 6) is 0.157. The van der Waals surface area contributed by atoms with E-state index in [1.807, 2.05) is 18.2 Å². The number of hydrogen-bond acceptors (Lipinski definition) is 5. The van der Waals surface area contributed by atoms with Crippen LogP contribution < -0.4 is 4.74 Å². The Labute approximate surface area is 126 Å². The van der Waals surface area contributed by atoms with Crippen molar-refractivity contribution in [2.24, 2.45) is 0 Å². The first kappa shape index (κ1) is 14.1. The highest BCUT2D eigenvalue weighted by Gasteiger charge is 2.30. The highest BCUT2D eigenvalue weighted by molar-refractivity contribution is 5.77. The molecule has 0 radical (unpaired) electrons. The van der Waals surface area contributed by atoms with Crippen molar-refractivity contribution in [1.29, 1.82) is 0 Å². The van der Waals surface area contributed by atoms with Crippen molar-refractivity contribution in [3.8, 4) is 5.75 Å². The van der Waals surface area contributed by atoms with Gasteiger partial charge in [-0.05, 0) is 17.7 Å². The van der Waals surface area contributed by atoms with Crippen LogP contribution in [0.25, 0.3) is 0 Å². The number of nitrogens with zero attached hydrogens (tertiary/aromatic N) is 1. The molecule has 22 heavy (non-hydrogen) atoms. The summed E-state index contributed by atoms with van der Waals surface area (Å²) in [5.41, 5.74) is 1.25. The molecule has 0 saturated carbocycles. The van der Waals surface area contributed by atoms with E-state index < -0.39 is 17.0 Å². The van der Waals surface area contributed by atoms with Crippen molar-refractivity contribution < 1.29 is 19.2 Å². The molecule has 0 spiro atoms. The summed E-state index contributed by atoms with van der Waals surface area (Å²) in [6, 6.07) is 13.6. The van der Waals surface area contributed by atoms with Crippen LogP contribution in [0.2, 0.25) is 0 Å². The highest BCUT2D eigenvalue weighted by atomic mass is 16.6. The van der Waals surface area contributed by atoms with Gasteiger partial charge >= 0.3 is 5.97 Å². The van der Waals surface area contributed by atoms with E-state index in [9.17, 15) is 14.9 Å².